The van der Waals surface area contributed by atoms with Crippen molar-refractivity contribution in [1.29, 1.82) is 5.26 Å². The lowest BCUT2D eigenvalue weighted by Gasteiger charge is -2.17. The Balaban J connectivity index is 1.94. The molecule has 0 aliphatic carbocycles. The second-order valence-electron chi connectivity index (χ2n) is 7.81. The summed E-state index contributed by atoms with van der Waals surface area (Å²) in [4.78, 5) is 12.7. The first-order valence-corrected chi connectivity index (χ1v) is 11.2. The van der Waals surface area contributed by atoms with Gasteiger partial charge in [0.25, 0.3) is 5.91 Å². The number of nitriles is 1. The van der Waals surface area contributed by atoms with Gasteiger partial charge in [0.05, 0.1) is 6.61 Å². The Kier molecular flexibility index (Phi) is 8.80. The molecular formula is C29H27FN2O3. The second kappa shape index (κ2) is 12.2. The third kappa shape index (κ3) is 6.81. The number of hydrogen-bond donors (Lipinski definition) is 1. The molecule has 1 amide bonds. The van der Waals surface area contributed by atoms with Crippen LogP contribution in [0.5, 0.6) is 11.5 Å². The molecule has 0 saturated heterocycles. The third-order valence-electron chi connectivity index (χ3n) is 5.10. The first-order chi connectivity index (χ1) is 16.9. The lowest BCUT2D eigenvalue weighted by atomic mass is 10.0. The van der Waals surface area contributed by atoms with Gasteiger partial charge in [-0.1, -0.05) is 36.4 Å². The molecule has 178 valence electrons. The number of carbonyl (C=O) groups excluding carboxylic acids is 1. The minimum Gasteiger partial charge on any atom is -0.490 e. The molecule has 0 aliphatic rings. The maximum Gasteiger partial charge on any atom is 0.266 e. The standard InChI is InChI=1S/C29H27FN2O3/c1-4-9-22-15-21(16-24(18-31)29(33)32-25-12-8-10-20(3)14-25)17-27(34-5-2)28(22)35-19-23-11-6-7-13-26(23)30/h4,6-8,10-17H,1,5,9,19H2,2-3H3,(H,32,33)/b24-16+. The van der Waals surface area contributed by atoms with E-state index < -0.39 is 5.91 Å². The van der Waals surface area contributed by atoms with Crippen LogP contribution >= 0.6 is 0 Å². The number of allylic oxidation sites excluding steroid dienone is 1. The maximum atomic E-state index is 14.1. The van der Waals surface area contributed by atoms with E-state index >= 15 is 0 Å². The molecule has 0 atom stereocenters. The molecule has 0 aromatic heterocycles. The van der Waals surface area contributed by atoms with E-state index in [0.717, 1.165) is 11.1 Å². The highest BCUT2D eigenvalue weighted by atomic mass is 19.1. The smallest absolute Gasteiger partial charge is 0.266 e. The molecule has 0 fully saturated rings. The Bertz CT molecular complexity index is 1290. The van der Waals surface area contributed by atoms with E-state index in [1.54, 1.807) is 42.5 Å². The summed E-state index contributed by atoms with van der Waals surface area (Å²) in [5, 5.41) is 12.4. The van der Waals surface area contributed by atoms with Gasteiger partial charge >= 0.3 is 0 Å². The predicted octanol–water partition coefficient (Wildman–Crippen LogP) is 6.39. The van der Waals surface area contributed by atoms with Gasteiger partial charge in [-0.3, -0.25) is 4.79 Å². The van der Waals surface area contributed by atoms with E-state index in [9.17, 15) is 14.4 Å². The fraction of sp³-hybridized carbons (Fsp3) is 0.172. The molecule has 35 heavy (non-hydrogen) atoms. The van der Waals surface area contributed by atoms with Crippen molar-refractivity contribution in [3.63, 3.8) is 0 Å². The van der Waals surface area contributed by atoms with Crippen LogP contribution in [-0.2, 0) is 17.8 Å². The monoisotopic (exact) mass is 470 g/mol. The summed E-state index contributed by atoms with van der Waals surface area (Å²) in [6, 6.07) is 19.2. The molecule has 5 nitrogen and oxygen atoms in total. The van der Waals surface area contributed by atoms with Crippen LogP contribution in [0.15, 0.2) is 78.9 Å². The van der Waals surface area contributed by atoms with E-state index in [-0.39, 0.29) is 18.0 Å². The number of rotatable bonds is 10. The predicted molar refractivity (Wildman–Crippen MR) is 136 cm³/mol. The number of carbonyl (C=O) groups is 1. The van der Waals surface area contributed by atoms with Crippen molar-refractivity contribution in [3.05, 3.63) is 107 Å². The van der Waals surface area contributed by atoms with Crippen LogP contribution < -0.4 is 14.8 Å². The Hall–Kier alpha value is -4.37. The quantitative estimate of drug-likeness (QED) is 0.212. The van der Waals surface area contributed by atoms with Gasteiger partial charge in [0, 0.05) is 16.8 Å². The zero-order valence-corrected chi connectivity index (χ0v) is 19.8. The SMILES string of the molecule is C=CCc1cc(/C=C(\C#N)C(=O)Nc2cccc(C)c2)cc(OCC)c1OCc1ccccc1F. The summed E-state index contributed by atoms with van der Waals surface area (Å²) in [5.74, 6) is 0.0375. The van der Waals surface area contributed by atoms with Crippen LogP contribution in [0, 0.1) is 24.1 Å². The zero-order chi connectivity index (χ0) is 25.2. The summed E-state index contributed by atoms with van der Waals surface area (Å²) in [6.07, 6.45) is 3.66. The molecule has 0 unspecified atom stereocenters. The first kappa shape index (κ1) is 25.3. The summed E-state index contributed by atoms with van der Waals surface area (Å²) >= 11 is 0. The highest BCUT2D eigenvalue weighted by Gasteiger charge is 2.16. The number of amides is 1. The van der Waals surface area contributed by atoms with Crippen LogP contribution in [0.3, 0.4) is 0 Å². The lowest BCUT2D eigenvalue weighted by molar-refractivity contribution is -0.112. The fourth-order valence-corrected chi connectivity index (χ4v) is 3.50. The van der Waals surface area contributed by atoms with Gasteiger partial charge in [-0.2, -0.15) is 5.26 Å². The number of nitrogens with zero attached hydrogens (tertiary/aromatic N) is 1. The number of nitrogens with one attached hydrogen (secondary N) is 1. The normalized spacial score (nSPS) is 10.9. The molecule has 6 heteroatoms. The largest absolute Gasteiger partial charge is 0.490 e. The number of anilines is 1. The number of aryl methyl sites for hydroxylation is 1. The van der Waals surface area contributed by atoms with E-state index in [0.29, 0.717) is 41.3 Å². The van der Waals surface area contributed by atoms with Crippen LogP contribution in [-0.4, -0.2) is 12.5 Å². The first-order valence-electron chi connectivity index (χ1n) is 11.2. The van der Waals surface area contributed by atoms with Crippen molar-refractivity contribution < 1.29 is 18.7 Å². The molecule has 0 heterocycles. The van der Waals surface area contributed by atoms with E-state index in [1.165, 1.54) is 12.1 Å². The molecule has 0 bridgehead atoms. The van der Waals surface area contributed by atoms with Crippen molar-refractivity contribution in [1.82, 2.24) is 0 Å². The summed E-state index contributed by atoms with van der Waals surface area (Å²) < 4.78 is 25.9. The molecule has 3 rings (SSSR count). The minimum atomic E-state index is -0.513. The van der Waals surface area contributed by atoms with E-state index in [4.69, 9.17) is 9.47 Å². The van der Waals surface area contributed by atoms with Gasteiger partial charge in [-0.05, 0) is 67.8 Å². The molecule has 3 aromatic carbocycles. The molecular weight excluding hydrogens is 443 g/mol. The van der Waals surface area contributed by atoms with Crippen molar-refractivity contribution in [2.24, 2.45) is 0 Å². The van der Waals surface area contributed by atoms with Gasteiger partial charge in [0.1, 0.15) is 24.1 Å². The molecule has 0 aliphatic heterocycles. The molecule has 0 radical (unpaired) electrons. The average molecular weight is 471 g/mol. The third-order valence-corrected chi connectivity index (χ3v) is 5.10. The Labute approximate surface area is 205 Å². The Morgan fingerprint density at radius 2 is 1.91 bits per heavy atom. The molecule has 3 aromatic rings. The van der Waals surface area contributed by atoms with Gasteiger partial charge < -0.3 is 14.8 Å². The van der Waals surface area contributed by atoms with Crippen LogP contribution in [0.1, 0.15) is 29.2 Å². The summed E-state index contributed by atoms with van der Waals surface area (Å²) in [7, 11) is 0. The van der Waals surface area contributed by atoms with Gasteiger partial charge in [0.15, 0.2) is 11.5 Å². The van der Waals surface area contributed by atoms with Crippen molar-refractivity contribution >= 4 is 17.7 Å². The number of hydrogen-bond acceptors (Lipinski definition) is 4. The van der Waals surface area contributed by atoms with Gasteiger partial charge in [0.2, 0.25) is 0 Å². The highest BCUT2D eigenvalue weighted by Crippen LogP contribution is 2.35. The van der Waals surface area contributed by atoms with Crippen LogP contribution in [0.2, 0.25) is 0 Å². The number of ether oxygens (including phenoxy) is 2. The Morgan fingerprint density at radius 1 is 1.11 bits per heavy atom. The second-order valence-corrected chi connectivity index (χ2v) is 7.81. The lowest BCUT2D eigenvalue weighted by Crippen LogP contribution is -2.13. The summed E-state index contributed by atoms with van der Waals surface area (Å²) in [6.45, 7) is 7.96. The van der Waals surface area contributed by atoms with Crippen molar-refractivity contribution in [3.8, 4) is 17.6 Å². The van der Waals surface area contributed by atoms with Crippen molar-refractivity contribution in [2.75, 3.05) is 11.9 Å². The van der Waals surface area contributed by atoms with Gasteiger partial charge in [-0.25, -0.2) is 4.39 Å². The van der Waals surface area contributed by atoms with E-state index in [2.05, 4.69) is 11.9 Å². The minimum absolute atomic E-state index is 0.0222. The van der Waals surface area contributed by atoms with Crippen LogP contribution in [0.4, 0.5) is 10.1 Å². The zero-order valence-electron chi connectivity index (χ0n) is 19.8. The summed E-state index contributed by atoms with van der Waals surface area (Å²) in [5.41, 5.74) is 3.30. The van der Waals surface area contributed by atoms with Crippen molar-refractivity contribution in [2.45, 2.75) is 26.9 Å². The fourth-order valence-electron chi connectivity index (χ4n) is 3.50. The Morgan fingerprint density at radius 3 is 2.60 bits per heavy atom. The molecule has 0 spiro atoms. The number of halogens is 1. The maximum absolute atomic E-state index is 14.1. The topological polar surface area (TPSA) is 71.4 Å². The molecule has 0 saturated carbocycles. The van der Waals surface area contributed by atoms with Gasteiger partial charge in [-0.15, -0.1) is 6.58 Å². The van der Waals surface area contributed by atoms with Crippen LogP contribution in [0.25, 0.3) is 6.08 Å². The number of benzene rings is 3. The highest BCUT2D eigenvalue weighted by molar-refractivity contribution is 6.09. The molecule has 1 N–H and O–H groups in total. The average Bonchev–Trinajstić information content (AvgIpc) is 2.83. The van der Waals surface area contributed by atoms with E-state index in [1.807, 2.05) is 38.1 Å².